The number of azide groups is 1. The Balaban J connectivity index is 1.73. The molecule has 0 heterocycles. The molecule has 1 atom stereocenters. The smallest absolute Gasteiger partial charge is 0.0914 e. The van der Waals surface area contributed by atoms with Crippen molar-refractivity contribution in [2.24, 2.45) is 5.11 Å². The van der Waals surface area contributed by atoms with E-state index in [9.17, 15) is 5.11 Å². The molecule has 2 aromatic carbocycles. The van der Waals surface area contributed by atoms with E-state index in [1.165, 1.54) is 0 Å². The standard InChI is InChI=1S/C16H18N4O/c17-20-19-15-8-6-13(7-9-15)10-11-18-12-16(21)14-4-2-1-3-5-14/h1-9,16,18,21H,10-12H2. The maximum absolute atomic E-state index is 10.0. The summed E-state index contributed by atoms with van der Waals surface area (Å²) in [5.74, 6) is 0. The van der Waals surface area contributed by atoms with E-state index in [0.717, 1.165) is 24.1 Å². The number of aliphatic hydroxyl groups is 1. The minimum atomic E-state index is -0.487. The van der Waals surface area contributed by atoms with Crippen molar-refractivity contribution in [3.8, 4) is 0 Å². The van der Waals surface area contributed by atoms with Crippen LogP contribution < -0.4 is 5.32 Å². The molecule has 1 unspecified atom stereocenters. The van der Waals surface area contributed by atoms with E-state index in [2.05, 4.69) is 15.3 Å². The molecule has 2 rings (SSSR count). The average Bonchev–Trinajstić information content (AvgIpc) is 2.54. The summed E-state index contributed by atoms with van der Waals surface area (Å²) in [5, 5.41) is 16.8. The molecular weight excluding hydrogens is 264 g/mol. The van der Waals surface area contributed by atoms with Crippen LogP contribution in [0.5, 0.6) is 0 Å². The van der Waals surface area contributed by atoms with Crippen molar-refractivity contribution in [2.75, 3.05) is 13.1 Å². The largest absolute Gasteiger partial charge is 0.387 e. The molecule has 0 radical (unpaired) electrons. The van der Waals surface area contributed by atoms with Crippen molar-refractivity contribution in [3.05, 3.63) is 76.2 Å². The normalized spacial score (nSPS) is 11.7. The fourth-order valence-electron chi connectivity index (χ4n) is 2.05. The maximum atomic E-state index is 10.0. The van der Waals surface area contributed by atoms with Crippen molar-refractivity contribution >= 4 is 5.69 Å². The highest BCUT2D eigenvalue weighted by Gasteiger charge is 2.05. The molecule has 0 saturated heterocycles. The highest BCUT2D eigenvalue weighted by Crippen LogP contribution is 2.13. The van der Waals surface area contributed by atoms with Gasteiger partial charge >= 0.3 is 0 Å². The summed E-state index contributed by atoms with van der Waals surface area (Å²) in [7, 11) is 0. The first kappa shape index (κ1) is 15.1. The Morgan fingerprint density at radius 3 is 2.48 bits per heavy atom. The summed E-state index contributed by atoms with van der Waals surface area (Å²) >= 11 is 0. The second-order valence-corrected chi connectivity index (χ2v) is 4.74. The Kier molecular flexibility index (Phi) is 5.79. The number of rotatable bonds is 7. The lowest BCUT2D eigenvalue weighted by molar-refractivity contribution is 0.175. The molecule has 0 fully saturated rings. The number of hydrogen-bond acceptors (Lipinski definition) is 3. The van der Waals surface area contributed by atoms with E-state index < -0.39 is 6.10 Å². The fourth-order valence-corrected chi connectivity index (χ4v) is 2.05. The summed E-state index contributed by atoms with van der Waals surface area (Å²) in [6.07, 6.45) is 0.372. The predicted octanol–water partition coefficient (Wildman–Crippen LogP) is 3.49. The Hall–Kier alpha value is -2.33. The van der Waals surface area contributed by atoms with Gasteiger partial charge < -0.3 is 10.4 Å². The molecule has 108 valence electrons. The first-order chi connectivity index (χ1) is 10.3. The van der Waals surface area contributed by atoms with Crippen LogP contribution in [0.1, 0.15) is 17.2 Å². The van der Waals surface area contributed by atoms with E-state index in [1.54, 1.807) is 12.1 Å². The van der Waals surface area contributed by atoms with Crippen molar-refractivity contribution < 1.29 is 5.11 Å². The molecule has 2 aromatic rings. The van der Waals surface area contributed by atoms with E-state index in [-0.39, 0.29) is 0 Å². The van der Waals surface area contributed by atoms with Gasteiger partial charge in [-0.2, -0.15) is 0 Å². The van der Waals surface area contributed by atoms with E-state index in [4.69, 9.17) is 5.53 Å². The second-order valence-electron chi connectivity index (χ2n) is 4.74. The lowest BCUT2D eigenvalue weighted by atomic mass is 10.1. The minimum absolute atomic E-state index is 0.487. The summed E-state index contributed by atoms with van der Waals surface area (Å²) < 4.78 is 0. The predicted molar refractivity (Wildman–Crippen MR) is 83.2 cm³/mol. The van der Waals surface area contributed by atoms with Gasteiger partial charge in [-0.25, -0.2) is 0 Å². The van der Waals surface area contributed by atoms with Crippen molar-refractivity contribution in [1.29, 1.82) is 0 Å². The summed E-state index contributed by atoms with van der Waals surface area (Å²) in [6.45, 7) is 1.31. The van der Waals surface area contributed by atoms with E-state index in [1.807, 2.05) is 42.5 Å². The lowest BCUT2D eigenvalue weighted by Gasteiger charge is -2.12. The van der Waals surface area contributed by atoms with Crippen molar-refractivity contribution in [3.63, 3.8) is 0 Å². The summed E-state index contributed by atoms with van der Waals surface area (Å²) in [6, 6.07) is 17.1. The van der Waals surface area contributed by atoms with Gasteiger partial charge in [0.1, 0.15) is 0 Å². The third kappa shape index (κ3) is 4.93. The average molecular weight is 282 g/mol. The molecule has 2 N–H and O–H groups in total. The van der Waals surface area contributed by atoms with Gasteiger partial charge in [0.05, 0.1) is 6.10 Å². The number of benzene rings is 2. The van der Waals surface area contributed by atoms with Gasteiger partial charge in [0.25, 0.3) is 0 Å². The number of nitrogens with one attached hydrogen (secondary N) is 1. The van der Waals surface area contributed by atoms with E-state index >= 15 is 0 Å². The fraction of sp³-hybridized carbons (Fsp3) is 0.250. The van der Waals surface area contributed by atoms with Gasteiger partial charge in [0, 0.05) is 17.1 Å². The second kappa shape index (κ2) is 8.07. The van der Waals surface area contributed by atoms with Crippen LogP contribution in [0.3, 0.4) is 0 Å². The zero-order valence-electron chi connectivity index (χ0n) is 11.7. The topological polar surface area (TPSA) is 81.0 Å². The van der Waals surface area contributed by atoms with Gasteiger partial charge in [-0.15, -0.1) is 0 Å². The van der Waals surface area contributed by atoms with Gasteiger partial charge in [-0.1, -0.05) is 59.7 Å². The Morgan fingerprint density at radius 1 is 1.10 bits per heavy atom. The molecule has 21 heavy (non-hydrogen) atoms. The Bertz CT molecular complexity index is 591. The van der Waals surface area contributed by atoms with Crippen LogP contribution in [0, 0.1) is 0 Å². The van der Waals surface area contributed by atoms with Crippen LogP contribution >= 0.6 is 0 Å². The molecule has 0 bridgehead atoms. The zero-order valence-corrected chi connectivity index (χ0v) is 11.7. The lowest BCUT2D eigenvalue weighted by Crippen LogP contribution is -2.23. The molecule has 5 nitrogen and oxygen atoms in total. The maximum Gasteiger partial charge on any atom is 0.0914 e. The first-order valence-electron chi connectivity index (χ1n) is 6.87. The van der Waals surface area contributed by atoms with Crippen molar-refractivity contribution in [1.82, 2.24) is 5.32 Å². The molecule has 0 aromatic heterocycles. The molecule has 0 aliphatic rings. The highest BCUT2D eigenvalue weighted by molar-refractivity contribution is 5.38. The molecule has 0 aliphatic heterocycles. The van der Waals surface area contributed by atoms with Crippen molar-refractivity contribution in [2.45, 2.75) is 12.5 Å². The van der Waals surface area contributed by atoms with Crippen LogP contribution in [-0.2, 0) is 6.42 Å². The number of aliphatic hydroxyl groups excluding tert-OH is 1. The molecular formula is C16H18N4O. The van der Waals surface area contributed by atoms with Crippen LogP contribution in [0.25, 0.3) is 10.4 Å². The van der Waals surface area contributed by atoms with Crippen LogP contribution in [0.15, 0.2) is 59.7 Å². The SMILES string of the molecule is [N-]=[N+]=Nc1ccc(CCNCC(O)c2ccccc2)cc1. The molecule has 0 aliphatic carbocycles. The molecule has 0 saturated carbocycles. The van der Waals surface area contributed by atoms with Gasteiger partial charge in [-0.3, -0.25) is 0 Å². The van der Waals surface area contributed by atoms with E-state index in [0.29, 0.717) is 12.2 Å². The summed E-state index contributed by atoms with van der Waals surface area (Å²) in [4.78, 5) is 2.74. The number of hydrogen-bond donors (Lipinski definition) is 2. The highest BCUT2D eigenvalue weighted by atomic mass is 16.3. The Labute approximate surface area is 123 Å². The minimum Gasteiger partial charge on any atom is -0.387 e. The van der Waals surface area contributed by atoms with Crippen LogP contribution in [0.2, 0.25) is 0 Å². The number of nitrogens with zero attached hydrogens (tertiary/aromatic N) is 3. The summed E-state index contributed by atoms with van der Waals surface area (Å²) in [5.41, 5.74) is 11.0. The van der Waals surface area contributed by atoms with Gasteiger partial charge in [0.15, 0.2) is 0 Å². The zero-order chi connectivity index (χ0) is 14.9. The quantitative estimate of drug-likeness (QED) is 0.353. The first-order valence-corrected chi connectivity index (χ1v) is 6.87. The Morgan fingerprint density at radius 2 is 1.81 bits per heavy atom. The monoisotopic (exact) mass is 282 g/mol. The van der Waals surface area contributed by atoms with Gasteiger partial charge in [-0.05, 0) is 29.6 Å². The third-order valence-corrected chi connectivity index (χ3v) is 3.21. The van der Waals surface area contributed by atoms with Crippen LogP contribution in [-0.4, -0.2) is 18.2 Å². The van der Waals surface area contributed by atoms with Crippen LogP contribution in [0.4, 0.5) is 5.69 Å². The molecule has 0 spiro atoms. The molecule has 5 heteroatoms. The van der Waals surface area contributed by atoms with Gasteiger partial charge in [0.2, 0.25) is 0 Å². The molecule has 0 amide bonds. The third-order valence-electron chi connectivity index (χ3n) is 3.21.